The van der Waals surface area contributed by atoms with Gasteiger partial charge < -0.3 is 10.2 Å². The first-order valence-corrected chi connectivity index (χ1v) is 6.61. The lowest BCUT2D eigenvalue weighted by molar-refractivity contribution is -0.132. The molecule has 1 N–H and O–H groups in total. The van der Waals surface area contributed by atoms with E-state index < -0.39 is 0 Å². The molecule has 0 saturated carbocycles. The Morgan fingerprint density at radius 2 is 1.81 bits per heavy atom. The molecule has 0 aromatic rings. The first-order valence-electron chi connectivity index (χ1n) is 6.61. The summed E-state index contributed by atoms with van der Waals surface area (Å²) in [5.74, 6) is 0.857. The highest BCUT2D eigenvalue weighted by Crippen LogP contribution is 2.11. The molecule has 0 aliphatic carbocycles. The summed E-state index contributed by atoms with van der Waals surface area (Å²) in [5, 5.41) is 3.45. The number of amides is 1. The molecule has 1 aliphatic rings. The van der Waals surface area contributed by atoms with Crippen molar-refractivity contribution in [3.05, 3.63) is 0 Å². The van der Waals surface area contributed by atoms with Gasteiger partial charge in [0, 0.05) is 19.1 Å². The van der Waals surface area contributed by atoms with Crippen LogP contribution in [0.3, 0.4) is 0 Å². The second kappa shape index (κ2) is 6.24. The molecule has 0 aromatic carbocycles. The van der Waals surface area contributed by atoms with Crippen molar-refractivity contribution in [3.8, 4) is 0 Å². The maximum atomic E-state index is 12.1. The normalized spacial score (nSPS) is 20.2. The number of carbonyl (C=O) groups is 1. The Bertz CT molecular complexity index is 222. The van der Waals surface area contributed by atoms with Crippen molar-refractivity contribution in [1.29, 1.82) is 0 Å². The van der Waals surface area contributed by atoms with Gasteiger partial charge in [0.15, 0.2) is 0 Å². The van der Waals surface area contributed by atoms with Crippen LogP contribution in [0.15, 0.2) is 0 Å². The van der Waals surface area contributed by atoms with Crippen molar-refractivity contribution < 1.29 is 4.79 Å². The Hall–Kier alpha value is -0.570. The van der Waals surface area contributed by atoms with E-state index in [0.29, 0.717) is 12.0 Å². The quantitative estimate of drug-likeness (QED) is 0.778. The van der Waals surface area contributed by atoms with Crippen LogP contribution in [0.4, 0.5) is 0 Å². The van der Waals surface area contributed by atoms with Crippen molar-refractivity contribution in [2.75, 3.05) is 13.1 Å². The summed E-state index contributed by atoms with van der Waals surface area (Å²) >= 11 is 0. The molecule has 1 aliphatic heterocycles. The number of hydrogen-bond acceptors (Lipinski definition) is 2. The molecule has 0 spiro atoms. The van der Waals surface area contributed by atoms with Gasteiger partial charge >= 0.3 is 0 Å². The molecule has 3 heteroatoms. The third-order valence-electron chi connectivity index (χ3n) is 3.50. The smallest absolute Gasteiger partial charge is 0.239 e. The van der Waals surface area contributed by atoms with Gasteiger partial charge in [0.05, 0.1) is 6.04 Å². The van der Waals surface area contributed by atoms with Crippen molar-refractivity contribution >= 4 is 5.91 Å². The Labute approximate surface area is 99.6 Å². The van der Waals surface area contributed by atoms with Crippen LogP contribution in [0.5, 0.6) is 0 Å². The first-order chi connectivity index (χ1) is 7.56. The van der Waals surface area contributed by atoms with Crippen LogP contribution in [0, 0.1) is 5.92 Å². The molecule has 1 fully saturated rings. The average Bonchev–Trinajstić information content (AvgIpc) is 2.77. The van der Waals surface area contributed by atoms with Crippen molar-refractivity contribution in [2.24, 2.45) is 5.92 Å². The van der Waals surface area contributed by atoms with Crippen LogP contribution < -0.4 is 5.32 Å². The lowest BCUT2D eigenvalue weighted by Crippen LogP contribution is -2.48. The second-order valence-electron chi connectivity index (χ2n) is 5.18. The molecule has 16 heavy (non-hydrogen) atoms. The van der Waals surface area contributed by atoms with Gasteiger partial charge in [0.25, 0.3) is 0 Å². The van der Waals surface area contributed by atoms with Crippen molar-refractivity contribution in [2.45, 2.75) is 59.0 Å². The van der Waals surface area contributed by atoms with E-state index in [0.717, 1.165) is 19.5 Å². The van der Waals surface area contributed by atoms with Crippen LogP contribution in [-0.4, -0.2) is 36.0 Å². The molecule has 0 radical (unpaired) electrons. The summed E-state index contributed by atoms with van der Waals surface area (Å²) in [5.41, 5.74) is 0. The van der Waals surface area contributed by atoms with E-state index in [2.05, 4.69) is 26.1 Å². The molecule has 1 heterocycles. The molecule has 2 unspecified atom stereocenters. The summed E-state index contributed by atoms with van der Waals surface area (Å²) < 4.78 is 0. The number of hydrogen-bond donors (Lipinski definition) is 1. The van der Waals surface area contributed by atoms with Crippen LogP contribution in [0.1, 0.15) is 47.0 Å². The van der Waals surface area contributed by atoms with Crippen LogP contribution in [0.2, 0.25) is 0 Å². The predicted molar refractivity (Wildman–Crippen MR) is 67.3 cm³/mol. The summed E-state index contributed by atoms with van der Waals surface area (Å²) in [4.78, 5) is 14.1. The summed E-state index contributed by atoms with van der Waals surface area (Å²) in [6, 6.07) is 0.409. The SMILES string of the molecule is CCC(NC(C)C(=O)N1CCCC1)C(C)C. The van der Waals surface area contributed by atoms with E-state index in [-0.39, 0.29) is 11.9 Å². The standard InChI is InChI=1S/C13H26N2O/c1-5-12(10(2)3)14-11(4)13(16)15-8-6-7-9-15/h10-12,14H,5-9H2,1-4H3. The number of carbonyl (C=O) groups excluding carboxylic acids is 1. The Morgan fingerprint density at radius 1 is 1.25 bits per heavy atom. The number of likely N-dealkylation sites (tertiary alicyclic amines) is 1. The van der Waals surface area contributed by atoms with E-state index in [1.165, 1.54) is 12.8 Å². The number of nitrogens with zero attached hydrogens (tertiary/aromatic N) is 1. The zero-order chi connectivity index (χ0) is 12.1. The fourth-order valence-electron chi connectivity index (χ4n) is 2.39. The maximum Gasteiger partial charge on any atom is 0.239 e. The lowest BCUT2D eigenvalue weighted by atomic mass is 10.0. The highest BCUT2D eigenvalue weighted by molar-refractivity contribution is 5.81. The Morgan fingerprint density at radius 3 is 2.25 bits per heavy atom. The van der Waals surface area contributed by atoms with Crippen molar-refractivity contribution in [3.63, 3.8) is 0 Å². The molecule has 2 atom stereocenters. The van der Waals surface area contributed by atoms with Crippen LogP contribution in [-0.2, 0) is 4.79 Å². The van der Waals surface area contributed by atoms with Gasteiger partial charge in [-0.15, -0.1) is 0 Å². The fraction of sp³-hybridized carbons (Fsp3) is 0.923. The molecule has 0 bridgehead atoms. The molecule has 0 aromatic heterocycles. The minimum Gasteiger partial charge on any atom is -0.341 e. The number of nitrogens with one attached hydrogen (secondary N) is 1. The first kappa shape index (κ1) is 13.5. The third kappa shape index (κ3) is 3.48. The minimum absolute atomic E-state index is 0.0366. The molecule has 1 amide bonds. The lowest BCUT2D eigenvalue weighted by Gasteiger charge is -2.27. The van der Waals surface area contributed by atoms with Gasteiger partial charge in [0.1, 0.15) is 0 Å². The van der Waals surface area contributed by atoms with E-state index in [9.17, 15) is 4.79 Å². The van der Waals surface area contributed by atoms with Gasteiger partial charge in [-0.1, -0.05) is 20.8 Å². The fourth-order valence-corrected chi connectivity index (χ4v) is 2.39. The number of rotatable bonds is 5. The highest BCUT2D eigenvalue weighted by atomic mass is 16.2. The average molecular weight is 226 g/mol. The minimum atomic E-state index is -0.0366. The van der Waals surface area contributed by atoms with Crippen molar-refractivity contribution in [1.82, 2.24) is 10.2 Å². The Kier molecular flexibility index (Phi) is 5.26. The van der Waals surface area contributed by atoms with E-state index in [1.54, 1.807) is 0 Å². The van der Waals surface area contributed by atoms with Gasteiger partial charge in [0.2, 0.25) is 5.91 Å². The highest BCUT2D eigenvalue weighted by Gasteiger charge is 2.25. The topological polar surface area (TPSA) is 32.3 Å². The maximum absolute atomic E-state index is 12.1. The Balaban J connectivity index is 2.43. The third-order valence-corrected chi connectivity index (χ3v) is 3.50. The zero-order valence-corrected chi connectivity index (χ0v) is 11.1. The van der Waals surface area contributed by atoms with Gasteiger partial charge in [-0.2, -0.15) is 0 Å². The van der Waals surface area contributed by atoms with Gasteiger partial charge in [-0.25, -0.2) is 0 Å². The molecule has 1 saturated heterocycles. The molecule has 3 nitrogen and oxygen atoms in total. The van der Waals surface area contributed by atoms with Gasteiger partial charge in [-0.05, 0) is 32.1 Å². The largest absolute Gasteiger partial charge is 0.341 e. The van der Waals surface area contributed by atoms with E-state index >= 15 is 0 Å². The molecular weight excluding hydrogens is 200 g/mol. The summed E-state index contributed by atoms with van der Waals surface area (Å²) in [6.07, 6.45) is 3.41. The predicted octanol–water partition coefficient (Wildman–Crippen LogP) is 2.02. The van der Waals surface area contributed by atoms with Crippen LogP contribution in [0.25, 0.3) is 0 Å². The molecule has 94 valence electrons. The summed E-state index contributed by atoms with van der Waals surface area (Å²) in [7, 11) is 0. The molecular formula is C13H26N2O. The van der Waals surface area contributed by atoms with E-state index in [1.807, 2.05) is 11.8 Å². The van der Waals surface area contributed by atoms with Gasteiger partial charge in [-0.3, -0.25) is 4.79 Å². The molecule has 1 rings (SSSR count). The monoisotopic (exact) mass is 226 g/mol. The van der Waals surface area contributed by atoms with Crippen LogP contribution >= 0.6 is 0 Å². The second-order valence-corrected chi connectivity index (χ2v) is 5.18. The summed E-state index contributed by atoms with van der Waals surface area (Å²) in [6.45, 7) is 10.5. The van der Waals surface area contributed by atoms with E-state index in [4.69, 9.17) is 0 Å². The zero-order valence-electron chi connectivity index (χ0n) is 11.1.